The molecule has 1 aromatic heterocycles. The molecule has 0 atom stereocenters. The van der Waals surface area contributed by atoms with Gasteiger partial charge >= 0.3 is 6.18 Å². The van der Waals surface area contributed by atoms with Crippen LogP contribution in [0.1, 0.15) is 37.4 Å². The van der Waals surface area contributed by atoms with Crippen molar-refractivity contribution in [1.82, 2.24) is 14.4 Å². The number of pyridine rings is 1. The van der Waals surface area contributed by atoms with Crippen LogP contribution in [0.3, 0.4) is 0 Å². The number of alkyl halides is 3. The third-order valence-corrected chi connectivity index (χ3v) is 6.00. The van der Waals surface area contributed by atoms with E-state index in [4.69, 9.17) is 0 Å². The molecule has 0 aliphatic carbocycles. The van der Waals surface area contributed by atoms with Crippen molar-refractivity contribution in [3.05, 3.63) is 105 Å². The van der Waals surface area contributed by atoms with E-state index in [0.717, 1.165) is 23.3 Å². The Morgan fingerprint density at radius 2 is 1.43 bits per heavy atom. The third kappa shape index (κ3) is 5.29. The lowest BCUT2D eigenvalue weighted by Gasteiger charge is -2.35. The van der Waals surface area contributed by atoms with Gasteiger partial charge in [-0.2, -0.15) is 13.2 Å². The summed E-state index contributed by atoms with van der Waals surface area (Å²) >= 11 is 0. The van der Waals surface area contributed by atoms with E-state index in [1.807, 2.05) is 31.2 Å². The second-order valence-corrected chi connectivity index (χ2v) is 8.47. The average Bonchev–Trinajstić information content (AvgIpc) is 2.84. The fraction of sp³-hybridized carbons (Fsp3) is 0.269. The van der Waals surface area contributed by atoms with E-state index < -0.39 is 34.7 Å². The van der Waals surface area contributed by atoms with Gasteiger partial charge in [0.25, 0.3) is 17.4 Å². The van der Waals surface area contributed by atoms with Crippen LogP contribution in [0.4, 0.5) is 13.2 Å². The molecule has 4 rings (SSSR count). The lowest BCUT2D eigenvalue weighted by atomic mass is 10.1. The molecule has 35 heavy (non-hydrogen) atoms. The van der Waals surface area contributed by atoms with Crippen molar-refractivity contribution in [2.75, 3.05) is 26.2 Å². The van der Waals surface area contributed by atoms with Gasteiger partial charge in [-0.05, 0) is 36.8 Å². The van der Waals surface area contributed by atoms with Crippen molar-refractivity contribution in [2.45, 2.75) is 19.6 Å². The highest BCUT2D eigenvalue weighted by Crippen LogP contribution is 2.32. The van der Waals surface area contributed by atoms with Crippen LogP contribution in [0.25, 0.3) is 0 Å². The minimum Gasteiger partial charge on any atom is -0.335 e. The minimum absolute atomic E-state index is 0.0161. The number of amides is 2. The zero-order valence-electron chi connectivity index (χ0n) is 19.1. The maximum absolute atomic E-state index is 13.3. The molecule has 9 heteroatoms. The van der Waals surface area contributed by atoms with Gasteiger partial charge in [0.1, 0.15) is 5.56 Å². The molecule has 0 radical (unpaired) electrons. The highest BCUT2D eigenvalue weighted by atomic mass is 19.4. The fourth-order valence-corrected chi connectivity index (χ4v) is 4.20. The van der Waals surface area contributed by atoms with Crippen LogP contribution in [0, 0.1) is 6.92 Å². The second-order valence-electron chi connectivity index (χ2n) is 8.47. The maximum atomic E-state index is 13.3. The molecule has 0 unspecified atom stereocenters. The quantitative estimate of drug-likeness (QED) is 0.567. The molecular formula is C26H24F3N3O3. The standard InChI is InChI=1S/C26H24F3N3O3/c1-18-6-4-7-19(16-18)17-32-11-5-9-21(25(32)35)24(34)31-14-12-30(13-15-31)23(33)20-8-2-3-10-22(20)26(27,28)29/h2-11,16H,12-15,17H2,1H3. The van der Waals surface area contributed by atoms with Crippen LogP contribution in [-0.2, 0) is 12.7 Å². The Morgan fingerprint density at radius 3 is 2.06 bits per heavy atom. The Bertz CT molecular complexity index is 1310. The lowest BCUT2D eigenvalue weighted by Crippen LogP contribution is -2.51. The minimum atomic E-state index is -4.64. The molecule has 0 N–H and O–H groups in total. The zero-order chi connectivity index (χ0) is 25.2. The Balaban J connectivity index is 1.46. The number of hydrogen-bond donors (Lipinski definition) is 0. The Morgan fingerprint density at radius 1 is 0.829 bits per heavy atom. The van der Waals surface area contributed by atoms with Gasteiger partial charge in [0, 0.05) is 32.4 Å². The summed E-state index contributed by atoms with van der Waals surface area (Å²) in [7, 11) is 0. The number of benzene rings is 2. The lowest BCUT2D eigenvalue weighted by molar-refractivity contribution is -0.138. The summed E-state index contributed by atoms with van der Waals surface area (Å²) in [5, 5.41) is 0. The van der Waals surface area contributed by atoms with Crippen LogP contribution in [-0.4, -0.2) is 52.4 Å². The van der Waals surface area contributed by atoms with E-state index in [2.05, 4.69) is 0 Å². The molecule has 2 aromatic carbocycles. The Hall–Kier alpha value is -3.88. The number of halogens is 3. The molecule has 1 aliphatic heterocycles. The summed E-state index contributed by atoms with van der Waals surface area (Å²) < 4.78 is 41.4. The number of hydrogen-bond acceptors (Lipinski definition) is 3. The van der Waals surface area contributed by atoms with E-state index in [-0.39, 0.29) is 31.7 Å². The van der Waals surface area contributed by atoms with Crippen LogP contribution in [0.15, 0.2) is 71.7 Å². The summed E-state index contributed by atoms with van der Waals surface area (Å²) in [6.07, 6.45) is -3.02. The van der Waals surface area contributed by atoms with E-state index in [0.29, 0.717) is 6.54 Å². The summed E-state index contributed by atoms with van der Waals surface area (Å²) in [6.45, 7) is 2.65. The first-order valence-electron chi connectivity index (χ1n) is 11.1. The van der Waals surface area contributed by atoms with Crippen LogP contribution in [0.2, 0.25) is 0 Å². The van der Waals surface area contributed by atoms with Crippen molar-refractivity contribution < 1.29 is 22.8 Å². The highest BCUT2D eigenvalue weighted by Gasteiger charge is 2.36. The van der Waals surface area contributed by atoms with Gasteiger partial charge < -0.3 is 14.4 Å². The Kier molecular flexibility index (Phi) is 6.77. The number of rotatable bonds is 4. The summed E-state index contributed by atoms with van der Waals surface area (Å²) in [5.74, 6) is -1.19. The van der Waals surface area contributed by atoms with E-state index >= 15 is 0 Å². The molecule has 0 bridgehead atoms. The molecule has 2 heterocycles. The molecule has 1 fully saturated rings. The first-order chi connectivity index (χ1) is 16.6. The largest absolute Gasteiger partial charge is 0.417 e. The first kappa shape index (κ1) is 24.3. The number of aromatic nitrogens is 1. The molecule has 182 valence electrons. The summed E-state index contributed by atoms with van der Waals surface area (Å²) in [5.41, 5.74) is 0.193. The number of aryl methyl sites for hydroxylation is 1. The van der Waals surface area contributed by atoms with Crippen molar-refractivity contribution in [3.8, 4) is 0 Å². The summed E-state index contributed by atoms with van der Waals surface area (Å²) in [6, 6.07) is 15.5. The Labute approximate surface area is 200 Å². The van der Waals surface area contributed by atoms with Crippen molar-refractivity contribution >= 4 is 11.8 Å². The number of nitrogens with zero attached hydrogens (tertiary/aromatic N) is 3. The van der Waals surface area contributed by atoms with Crippen LogP contribution in [0.5, 0.6) is 0 Å². The summed E-state index contributed by atoms with van der Waals surface area (Å²) in [4.78, 5) is 41.6. The van der Waals surface area contributed by atoms with Crippen molar-refractivity contribution in [3.63, 3.8) is 0 Å². The predicted molar refractivity (Wildman–Crippen MR) is 124 cm³/mol. The fourth-order valence-electron chi connectivity index (χ4n) is 4.20. The van der Waals surface area contributed by atoms with Gasteiger partial charge in [-0.1, -0.05) is 42.0 Å². The highest BCUT2D eigenvalue weighted by molar-refractivity contribution is 5.97. The van der Waals surface area contributed by atoms with Gasteiger partial charge in [0.2, 0.25) is 0 Å². The topological polar surface area (TPSA) is 62.6 Å². The van der Waals surface area contributed by atoms with Gasteiger partial charge in [0.15, 0.2) is 0 Å². The van der Waals surface area contributed by atoms with E-state index in [1.54, 1.807) is 12.3 Å². The van der Waals surface area contributed by atoms with Crippen LogP contribution >= 0.6 is 0 Å². The van der Waals surface area contributed by atoms with Gasteiger partial charge in [-0.25, -0.2) is 0 Å². The monoisotopic (exact) mass is 483 g/mol. The molecule has 1 aliphatic rings. The van der Waals surface area contributed by atoms with Crippen LogP contribution < -0.4 is 5.56 Å². The normalized spacial score (nSPS) is 14.2. The molecule has 3 aromatic rings. The third-order valence-electron chi connectivity index (χ3n) is 6.00. The molecule has 0 saturated carbocycles. The average molecular weight is 483 g/mol. The molecular weight excluding hydrogens is 459 g/mol. The number of carbonyl (C=O) groups is 2. The molecule has 1 saturated heterocycles. The SMILES string of the molecule is Cc1cccc(Cn2cccc(C(=O)N3CCN(C(=O)c4ccccc4C(F)(F)F)CC3)c2=O)c1. The smallest absolute Gasteiger partial charge is 0.335 e. The number of piperazine rings is 1. The molecule has 0 spiro atoms. The molecule has 6 nitrogen and oxygen atoms in total. The second kappa shape index (κ2) is 9.77. The maximum Gasteiger partial charge on any atom is 0.417 e. The van der Waals surface area contributed by atoms with Crippen molar-refractivity contribution in [1.29, 1.82) is 0 Å². The first-order valence-corrected chi connectivity index (χ1v) is 11.1. The van der Waals surface area contributed by atoms with E-state index in [1.165, 1.54) is 32.6 Å². The zero-order valence-corrected chi connectivity index (χ0v) is 19.1. The van der Waals surface area contributed by atoms with Crippen molar-refractivity contribution in [2.24, 2.45) is 0 Å². The van der Waals surface area contributed by atoms with Gasteiger partial charge in [-0.3, -0.25) is 14.4 Å². The molecule has 2 amide bonds. The van der Waals surface area contributed by atoms with Gasteiger partial charge in [-0.15, -0.1) is 0 Å². The predicted octanol–water partition coefficient (Wildman–Crippen LogP) is 3.82. The van der Waals surface area contributed by atoms with E-state index in [9.17, 15) is 27.6 Å². The van der Waals surface area contributed by atoms with Gasteiger partial charge in [0.05, 0.1) is 17.7 Å². The number of carbonyl (C=O) groups excluding carboxylic acids is 2.